The molecule has 114 valence electrons. The minimum atomic E-state index is -0.745. The predicted octanol–water partition coefficient (Wildman–Crippen LogP) is 2.89. The molecule has 5 nitrogen and oxygen atoms in total. The van der Waals surface area contributed by atoms with E-state index in [0.717, 1.165) is 11.1 Å². The Balaban J connectivity index is 2.10. The number of ether oxygens (including phenoxy) is 1. The molecule has 0 radical (unpaired) electrons. The molecule has 0 unspecified atom stereocenters. The van der Waals surface area contributed by atoms with E-state index in [0.29, 0.717) is 17.1 Å². The fourth-order valence-electron chi connectivity index (χ4n) is 1.99. The summed E-state index contributed by atoms with van der Waals surface area (Å²) < 4.78 is 5.13. The first-order valence-corrected chi connectivity index (χ1v) is 6.84. The molecule has 0 aliphatic rings. The third-order valence-electron chi connectivity index (χ3n) is 3.41. The van der Waals surface area contributed by atoms with Crippen LogP contribution in [0.5, 0.6) is 5.75 Å². The van der Waals surface area contributed by atoms with Gasteiger partial charge in [0, 0.05) is 5.69 Å². The number of para-hydroxylation sites is 2. The van der Waals surface area contributed by atoms with E-state index in [9.17, 15) is 9.59 Å². The summed E-state index contributed by atoms with van der Waals surface area (Å²) in [6.45, 7) is 3.84. The van der Waals surface area contributed by atoms with Gasteiger partial charge in [0.25, 0.3) is 0 Å². The van der Waals surface area contributed by atoms with E-state index in [4.69, 9.17) is 4.74 Å². The zero-order chi connectivity index (χ0) is 16.1. The Labute approximate surface area is 129 Å². The predicted molar refractivity (Wildman–Crippen MR) is 86.2 cm³/mol. The van der Waals surface area contributed by atoms with Gasteiger partial charge in [0.2, 0.25) is 0 Å². The molecule has 0 saturated carbocycles. The Morgan fingerprint density at radius 3 is 2.14 bits per heavy atom. The van der Waals surface area contributed by atoms with Crippen molar-refractivity contribution in [1.82, 2.24) is 0 Å². The molecule has 0 heterocycles. The molecular weight excluding hydrogens is 280 g/mol. The van der Waals surface area contributed by atoms with Gasteiger partial charge in [0.05, 0.1) is 12.8 Å². The highest BCUT2D eigenvalue weighted by atomic mass is 16.5. The van der Waals surface area contributed by atoms with Gasteiger partial charge in [-0.15, -0.1) is 0 Å². The maximum absolute atomic E-state index is 12.0. The maximum atomic E-state index is 12.0. The number of methoxy groups -OCH3 is 1. The Morgan fingerprint density at radius 1 is 0.864 bits per heavy atom. The van der Waals surface area contributed by atoms with Gasteiger partial charge in [-0.2, -0.15) is 0 Å². The summed E-state index contributed by atoms with van der Waals surface area (Å²) in [7, 11) is 1.50. The average Bonchev–Trinajstić information content (AvgIpc) is 2.52. The summed E-state index contributed by atoms with van der Waals surface area (Å²) in [5.41, 5.74) is 3.05. The van der Waals surface area contributed by atoms with Crippen molar-refractivity contribution in [3.63, 3.8) is 0 Å². The van der Waals surface area contributed by atoms with Crippen LogP contribution in [0.3, 0.4) is 0 Å². The smallest absolute Gasteiger partial charge is 0.314 e. The van der Waals surface area contributed by atoms with Crippen molar-refractivity contribution in [2.75, 3.05) is 17.7 Å². The Bertz CT molecular complexity index is 711. The highest BCUT2D eigenvalue weighted by Gasteiger charge is 2.16. The number of nitrogens with one attached hydrogen (secondary N) is 2. The van der Waals surface area contributed by atoms with E-state index in [1.165, 1.54) is 7.11 Å². The molecule has 0 aliphatic carbocycles. The third-order valence-corrected chi connectivity index (χ3v) is 3.41. The summed E-state index contributed by atoms with van der Waals surface area (Å²) >= 11 is 0. The molecule has 2 aromatic rings. The van der Waals surface area contributed by atoms with Crippen LogP contribution >= 0.6 is 0 Å². The highest BCUT2D eigenvalue weighted by molar-refractivity contribution is 6.43. The molecule has 0 aromatic heterocycles. The van der Waals surface area contributed by atoms with Gasteiger partial charge in [-0.25, -0.2) is 0 Å². The van der Waals surface area contributed by atoms with Crippen molar-refractivity contribution < 1.29 is 14.3 Å². The first-order valence-electron chi connectivity index (χ1n) is 6.84. The Kier molecular flexibility index (Phi) is 4.78. The first kappa shape index (κ1) is 15.6. The van der Waals surface area contributed by atoms with Crippen LogP contribution in [0.2, 0.25) is 0 Å². The lowest BCUT2D eigenvalue weighted by Gasteiger charge is -2.12. The van der Waals surface area contributed by atoms with Gasteiger partial charge in [0.15, 0.2) is 0 Å². The summed E-state index contributed by atoms with van der Waals surface area (Å²) in [6, 6.07) is 12.4. The van der Waals surface area contributed by atoms with Gasteiger partial charge >= 0.3 is 11.8 Å². The first-order chi connectivity index (χ1) is 10.5. The van der Waals surface area contributed by atoms with Crippen LogP contribution in [0.4, 0.5) is 11.4 Å². The van der Waals surface area contributed by atoms with Gasteiger partial charge in [-0.05, 0) is 43.2 Å². The molecule has 0 spiro atoms. The zero-order valence-corrected chi connectivity index (χ0v) is 12.8. The van der Waals surface area contributed by atoms with Crippen LogP contribution < -0.4 is 15.4 Å². The number of hydrogen-bond acceptors (Lipinski definition) is 3. The lowest BCUT2D eigenvalue weighted by atomic mass is 10.1. The molecule has 2 rings (SSSR count). The van der Waals surface area contributed by atoms with Crippen LogP contribution in [-0.2, 0) is 9.59 Å². The van der Waals surface area contributed by atoms with Crippen LogP contribution in [-0.4, -0.2) is 18.9 Å². The number of anilines is 2. The normalized spacial score (nSPS) is 9.95. The number of carbonyl (C=O) groups excluding carboxylic acids is 2. The van der Waals surface area contributed by atoms with Gasteiger partial charge in [-0.3, -0.25) is 9.59 Å². The summed E-state index contributed by atoms with van der Waals surface area (Å²) in [4.78, 5) is 24.0. The fourth-order valence-corrected chi connectivity index (χ4v) is 1.99. The molecule has 0 fully saturated rings. The number of hydrogen-bond donors (Lipinski definition) is 2. The summed E-state index contributed by atoms with van der Waals surface area (Å²) in [5.74, 6) is -0.972. The standard InChI is InChI=1S/C17H18N2O3/c1-11-7-6-9-13(12(11)2)18-16(20)17(21)19-14-8-4-5-10-15(14)22-3/h4-10H,1-3H3,(H,18,20)(H,19,21). The number of carbonyl (C=O) groups is 2. The number of aryl methyl sites for hydroxylation is 1. The Morgan fingerprint density at radius 2 is 1.45 bits per heavy atom. The molecule has 0 aliphatic heterocycles. The minimum absolute atomic E-state index is 0.450. The largest absolute Gasteiger partial charge is 0.495 e. The molecular formula is C17H18N2O3. The van der Waals surface area contributed by atoms with E-state index in [1.807, 2.05) is 26.0 Å². The Hall–Kier alpha value is -2.82. The van der Waals surface area contributed by atoms with E-state index in [2.05, 4.69) is 10.6 Å². The lowest BCUT2D eigenvalue weighted by Crippen LogP contribution is -2.29. The van der Waals surface area contributed by atoms with Crippen molar-refractivity contribution in [3.8, 4) is 5.75 Å². The number of amides is 2. The van der Waals surface area contributed by atoms with Crippen molar-refractivity contribution in [2.45, 2.75) is 13.8 Å². The van der Waals surface area contributed by atoms with E-state index in [-0.39, 0.29) is 0 Å². The second kappa shape index (κ2) is 6.76. The average molecular weight is 298 g/mol. The van der Waals surface area contributed by atoms with Gasteiger partial charge in [-0.1, -0.05) is 24.3 Å². The number of benzene rings is 2. The lowest BCUT2D eigenvalue weighted by molar-refractivity contribution is -0.133. The van der Waals surface area contributed by atoms with E-state index < -0.39 is 11.8 Å². The van der Waals surface area contributed by atoms with Crippen molar-refractivity contribution in [2.24, 2.45) is 0 Å². The molecule has 0 atom stereocenters. The zero-order valence-electron chi connectivity index (χ0n) is 12.8. The van der Waals surface area contributed by atoms with Crippen LogP contribution in [0.15, 0.2) is 42.5 Å². The second-order valence-corrected chi connectivity index (χ2v) is 4.86. The van der Waals surface area contributed by atoms with Crippen LogP contribution in [0, 0.1) is 13.8 Å². The highest BCUT2D eigenvalue weighted by Crippen LogP contribution is 2.23. The molecule has 2 aromatic carbocycles. The fraction of sp³-hybridized carbons (Fsp3) is 0.176. The van der Waals surface area contributed by atoms with Crippen LogP contribution in [0.1, 0.15) is 11.1 Å². The van der Waals surface area contributed by atoms with E-state index in [1.54, 1.807) is 30.3 Å². The molecule has 0 bridgehead atoms. The quantitative estimate of drug-likeness (QED) is 0.856. The SMILES string of the molecule is COc1ccccc1NC(=O)C(=O)Nc1cccc(C)c1C. The second-order valence-electron chi connectivity index (χ2n) is 4.86. The van der Waals surface area contributed by atoms with E-state index >= 15 is 0 Å². The molecule has 2 amide bonds. The molecule has 22 heavy (non-hydrogen) atoms. The van der Waals surface area contributed by atoms with Crippen LogP contribution in [0.25, 0.3) is 0 Å². The van der Waals surface area contributed by atoms with Crippen molar-refractivity contribution >= 4 is 23.2 Å². The van der Waals surface area contributed by atoms with Gasteiger partial charge in [0.1, 0.15) is 5.75 Å². The molecule has 5 heteroatoms. The van der Waals surface area contributed by atoms with Crippen molar-refractivity contribution in [1.29, 1.82) is 0 Å². The summed E-state index contributed by atoms with van der Waals surface area (Å²) in [6.07, 6.45) is 0. The monoisotopic (exact) mass is 298 g/mol. The molecule has 0 saturated heterocycles. The molecule has 2 N–H and O–H groups in total. The summed E-state index contributed by atoms with van der Waals surface area (Å²) in [5, 5.41) is 5.16. The minimum Gasteiger partial charge on any atom is -0.495 e. The topological polar surface area (TPSA) is 67.4 Å². The van der Waals surface area contributed by atoms with Crippen molar-refractivity contribution in [3.05, 3.63) is 53.6 Å². The van der Waals surface area contributed by atoms with Gasteiger partial charge < -0.3 is 15.4 Å². The third kappa shape index (κ3) is 3.44. The maximum Gasteiger partial charge on any atom is 0.314 e. The number of rotatable bonds is 3.